The summed E-state index contributed by atoms with van der Waals surface area (Å²) in [5.74, 6) is 0. The predicted octanol–water partition coefficient (Wildman–Crippen LogP) is 2.77. The van der Waals surface area contributed by atoms with Crippen LogP contribution in [0, 0.1) is 0 Å². The zero-order chi connectivity index (χ0) is 13.2. The first-order valence-corrected chi connectivity index (χ1v) is 8.27. The zero-order valence-electron chi connectivity index (χ0n) is 9.26. The highest BCUT2D eigenvalue weighted by atomic mass is 79.9. The molecule has 0 amide bonds. The Kier molecular flexibility index (Phi) is 4.06. The van der Waals surface area contributed by atoms with Gasteiger partial charge >= 0.3 is 0 Å². The summed E-state index contributed by atoms with van der Waals surface area (Å²) in [6, 6.07) is 8.41. The summed E-state index contributed by atoms with van der Waals surface area (Å²) < 4.78 is 23.2. The van der Waals surface area contributed by atoms with Crippen LogP contribution < -0.4 is 10.5 Å². The molecule has 0 radical (unpaired) electrons. The number of thiophene rings is 1. The molecule has 0 unspecified atom stereocenters. The van der Waals surface area contributed by atoms with E-state index in [0.29, 0.717) is 6.54 Å². The highest BCUT2D eigenvalue weighted by Gasteiger charge is 2.06. The molecular weight excluding hydrogens is 336 g/mol. The van der Waals surface area contributed by atoms with Crippen molar-refractivity contribution in [3.05, 3.63) is 45.1 Å². The molecule has 3 N–H and O–H groups in total. The van der Waals surface area contributed by atoms with Gasteiger partial charge in [-0.2, -0.15) is 0 Å². The van der Waals surface area contributed by atoms with Crippen LogP contribution >= 0.6 is 27.3 Å². The first-order chi connectivity index (χ1) is 8.45. The number of hydrogen-bond acceptors (Lipinski definition) is 4. The fourth-order valence-electron chi connectivity index (χ4n) is 1.40. The highest BCUT2D eigenvalue weighted by Crippen LogP contribution is 2.21. The number of primary sulfonamides is 1. The van der Waals surface area contributed by atoms with Gasteiger partial charge in [0.25, 0.3) is 0 Å². The minimum Gasteiger partial charge on any atom is -0.380 e. The molecule has 4 nitrogen and oxygen atoms in total. The number of rotatable bonds is 4. The molecule has 7 heteroatoms. The molecule has 96 valence electrons. The van der Waals surface area contributed by atoms with Gasteiger partial charge in [-0.15, -0.1) is 11.3 Å². The Morgan fingerprint density at radius 3 is 2.44 bits per heavy atom. The van der Waals surface area contributed by atoms with Gasteiger partial charge < -0.3 is 5.32 Å². The van der Waals surface area contributed by atoms with Gasteiger partial charge in [-0.1, -0.05) is 0 Å². The number of nitrogens with two attached hydrogens (primary N) is 1. The van der Waals surface area contributed by atoms with E-state index in [2.05, 4.69) is 21.2 Å². The van der Waals surface area contributed by atoms with Gasteiger partial charge in [0.15, 0.2) is 0 Å². The van der Waals surface area contributed by atoms with E-state index < -0.39 is 10.0 Å². The lowest BCUT2D eigenvalue weighted by molar-refractivity contribution is 0.598. The molecule has 18 heavy (non-hydrogen) atoms. The monoisotopic (exact) mass is 346 g/mol. The predicted molar refractivity (Wildman–Crippen MR) is 77.2 cm³/mol. The molecule has 1 heterocycles. The number of halogens is 1. The number of nitrogens with one attached hydrogen (secondary N) is 1. The van der Waals surface area contributed by atoms with E-state index in [9.17, 15) is 8.42 Å². The topological polar surface area (TPSA) is 72.2 Å². The fraction of sp³-hybridized carbons (Fsp3) is 0.0909. The lowest BCUT2D eigenvalue weighted by atomic mass is 10.3. The Morgan fingerprint density at radius 2 is 1.94 bits per heavy atom. The maximum absolute atomic E-state index is 11.1. The van der Waals surface area contributed by atoms with Crippen LogP contribution in [0.5, 0.6) is 0 Å². The average molecular weight is 347 g/mol. The largest absolute Gasteiger partial charge is 0.380 e. The molecule has 1 aromatic heterocycles. The highest BCUT2D eigenvalue weighted by molar-refractivity contribution is 9.10. The van der Waals surface area contributed by atoms with Gasteiger partial charge in [0.05, 0.1) is 4.90 Å². The second-order valence-corrected chi connectivity index (χ2v) is 7.13. The van der Waals surface area contributed by atoms with Crippen LogP contribution in [0.3, 0.4) is 0 Å². The van der Waals surface area contributed by atoms with Crippen LogP contribution in [-0.4, -0.2) is 8.42 Å². The minimum absolute atomic E-state index is 0.118. The maximum Gasteiger partial charge on any atom is 0.238 e. The van der Waals surface area contributed by atoms with Gasteiger partial charge in [0, 0.05) is 27.0 Å². The van der Waals surface area contributed by atoms with E-state index in [-0.39, 0.29) is 4.90 Å². The van der Waals surface area contributed by atoms with E-state index in [4.69, 9.17) is 5.14 Å². The molecule has 2 rings (SSSR count). The molecule has 0 aliphatic heterocycles. The van der Waals surface area contributed by atoms with Crippen molar-refractivity contribution >= 4 is 43.0 Å². The average Bonchev–Trinajstić information content (AvgIpc) is 2.72. The second kappa shape index (κ2) is 5.40. The van der Waals surface area contributed by atoms with Crippen molar-refractivity contribution in [3.8, 4) is 0 Å². The lowest BCUT2D eigenvalue weighted by Gasteiger charge is -2.05. The third-order valence-electron chi connectivity index (χ3n) is 2.27. The summed E-state index contributed by atoms with van der Waals surface area (Å²) in [6.45, 7) is 0.699. The number of sulfonamides is 1. The smallest absolute Gasteiger partial charge is 0.238 e. The summed E-state index contributed by atoms with van der Waals surface area (Å²) in [5.41, 5.74) is 0.854. The first-order valence-electron chi connectivity index (χ1n) is 5.05. The second-order valence-electron chi connectivity index (χ2n) is 3.65. The van der Waals surface area contributed by atoms with E-state index in [1.807, 2.05) is 11.4 Å². The van der Waals surface area contributed by atoms with E-state index in [1.165, 1.54) is 17.0 Å². The zero-order valence-corrected chi connectivity index (χ0v) is 12.5. The van der Waals surface area contributed by atoms with Gasteiger partial charge in [-0.05, 0) is 46.3 Å². The molecule has 0 spiro atoms. The molecule has 2 aromatic rings. The third-order valence-corrected chi connectivity index (χ3v) is 4.90. The molecule has 0 atom stereocenters. The van der Waals surface area contributed by atoms with Gasteiger partial charge in [-0.25, -0.2) is 13.6 Å². The Morgan fingerprint density at radius 1 is 1.28 bits per heavy atom. The molecule has 0 bridgehead atoms. The Hall–Kier alpha value is -0.890. The van der Waals surface area contributed by atoms with Gasteiger partial charge in [0.2, 0.25) is 10.0 Å². The van der Waals surface area contributed by atoms with Crippen molar-refractivity contribution in [1.82, 2.24) is 0 Å². The van der Waals surface area contributed by atoms with Crippen molar-refractivity contribution in [2.75, 3.05) is 5.32 Å². The minimum atomic E-state index is -3.62. The summed E-state index contributed by atoms with van der Waals surface area (Å²) in [4.78, 5) is 1.31. The SMILES string of the molecule is NS(=O)(=O)c1ccc(NCc2cc(Br)cs2)cc1. The van der Waals surface area contributed by atoms with E-state index in [1.54, 1.807) is 23.5 Å². The fourth-order valence-corrected chi connectivity index (χ4v) is 3.30. The van der Waals surface area contributed by atoms with Crippen LogP contribution in [-0.2, 0) is 16.6 Å². The maximum atomic E-state index is 11.1. The van der Waals surface area contributed by atoms with Gasteiger partial charge in [0.1, 0.15) is 0 Å². The van der Waals surface area contributed by atoms with Crippen molar-refractivity contribution in [1.29, 1.82) is 0 Å². The quantitative estimate of drug-likeness (QED) is 0.893. The number of benzene rings is 1. The van der Waals surface area contributed by atoms with Crippen LogP contribution in [0.25, 0.3) is 0 Å². The summed E-state index contributed by atoms with van der Waals surface area (Å²) in [6.07, 6.45) is 0. The number of hydrogen-bond donors (Lipinski definition) is 2. The Balaban J connectivity index is 2.03. The molecular formula is C11H11BrN2O2S2. The van der Waals surface area contributed by atoms with Crippen molar-refractivity contribution in [3.63, 3.8) is 0 Å². The van der Waals surface area contributed by atoms with Crippen molar-refractivity contribution in [2.45, 2.75) is 11.4 Å². The molecule has 0 aliphatic rings. The lowest BCUT2D eigenvalue weighted by Crippen LogP contribution is -2.11. The molecule has 0 fully saturated rings. The summed E-state index contributed by atoms with van der Waals surface area (Å²) >= 11 is 5.04. The van der Waals surface area contributed by atoms with E-state index in [0.717, 1.165) is 10.2 Å². The standard InChI is InChI=1S/C11H11BrN2O2S2/c12-8-5-10(17-7-8)6-14-9-1-3-11(4-2-9)18(13,15)16/h1-5,7,14H,6H2,(H2,13,15,16). The van der Waals surface area contributed by atoms with E-state index >= 15 is 0 Å². The normalized spacial score (nSPS) is 11.4. The Bertz CT molecular complexity index is 635. The van der Waals surface area contributed by atoms with Crippen molar-refractivity contribution in [2.24, 2.45) is 5.14 Å². The van der Waals surface area contributed by atoms with Crippen LogP contribution in [0.1, 0.15) is 4.88 Å². The summed E-state index contributed by atoms with van der Waals surface area (Å²) in [7, 11) is -3.62. The van der Waals surface area contributed by atoms with Crippen LogP contribution in [0.15, 0.2) is 45.1 Å². The van der Waals surface area contributed by atoms with Crippen LogP contribution in [0.2, 0.25) is 0 Å². The molecule has 0 saturated carbocycles. The first kappa shape index (κ1) is 13.5. The molecule has 0 aliphatic carbocycles. The van der Waals surface area contributed by atoms with Crippen LogP contribution in [0.4, 0.5) is 5.69 Å². The van der Waals surface area contributed by atoms with Gasteiger partial charge in [-0.3, -0.25) is 0 Å². The molecule has 1 aromatic carbocycles. The molecule has 0 saturated heterocycles. The third kappa shape index (κ3) is 3.55. The number of anilines is 1. The van der Waals surface area contributed by atoms with Crippen molar-refractivity contribution < 1.29 is 8.42 Å². The Labute approximate surface area is 118 Å². The summed E-state index contributed by atoms with van der Waals surface area (Å²) in [5, 5.41) is 10.2.